The third-order valence-corrected chi connectivity index (χ3v) is 2.64. The fourth-order valence-electron chi connectivity index (χ4n) is 1.91. The van der Waals surface area contributed by atoms with Gasteiger partial charge in [0.1, 0.15) is 0 Å². The molecule has 1 fully saturated rings. The smallest absolute Gasteiger partial charge is 0.192 e. The molecule has 0 aliphatic carbocycles. The number of methoxy groups -OCH3 is 1. The Morgan fingerprint density at radius 1 is 1.27 bits per heavy atom. The van der Waals surface area contributed by atoms with Gasteiger partial charge in [-0.3, -0.25) is 0 Å². The van der Waals surface area contributed by atoms with Crippen LogP contribution in [-0.4, -0.2) is 20.3 Å². The number of rotatable bonds is 3. The average molecular weight is 208 g/mol. The zero-order chi connectivity index (χ0) is 10.7. The van der Waals surface area contributed by atoms with Crippen molar-refractivity contribution in [2.75, 3.05) is 20.3 Å². The van der Waals surface area contributed by atoms with E-state index in [9.17, 15) is 0 Å². The van der Waals surface area contributed by atoms with E-state index in [0.29, 0.717) is 19.8 Å². The summed E-state index contributed by atoms with van der Waals surface area (Å²) in [5.41, 5.74) is 2.17. The van der Waals surface area contributed by atoms with Crippen LogP contribution in [-0.2, 0) is 26.6 Å². The van der Waals surface area contributed by atoms with Crippen LogP contribution in [0.5, 0.6) is 0 Å². The van der Waals surface area contributed by atoms with Crippen LogP contribution in [0.15, 0.2) is 24.3 Å². The van der Waals surface area contributed by atoms with E-state index in [-0.39, 0.29) is 0 Å². The second-order valence-corrected chi connectivity index (χ2v) is 3.73. The summed E-state index contributed by atoms with van der Waals surface area (Å²) in [6.45, 7) is 3.84. The minimum atomic E-state index is -0.602. The van der Waals surface area contributed by atoms with Gasteiger partial charge in [0.15, 0.2) is 5.79 Å². The molecule has 0 radical (unpaired) electrons. The lowest BCUT2D eigenvalue weighted by Crippen LogP contribution is -2.24. The van der Waals surface area contributed by atoms with Crippen LogP contribution < -0.4 is 0 Å². The summed E-state index contributed by atoms with van der Waals surface area (Å²) in [5.74, 6) is -0.602. The van der Waals surface area contributed by atoms with E-state index >= 15 is 0 Å². The molecule has 0 atom stereocenters. The van der Waals surface area contributed by atoms with Crippen molar-refractivity contribution in [2.45, 2.75) is 19.3 Å². The normalized spacial score (nSPS) is 19.3. The van der Waals surface area contributed by atoms with Crippen molar-refractivity contribution < 1.29 is 14.2 Å². The van der Waals surface area contributed by atoms with Gasteiger partial charge < -0.3 is 14.2 Å². The third-order valence-electron chi connectivity index (χ3n) is 2.64. The van der Waals surface area contributed by atoms with Gasteiger partial charge in [-0.1, -0.05) is 24.3 Å². The summed E-state index contributed by atoms with van der Waals surface area (Å²) in [6, 6.07) is 8.05. The highest BCUT2D eigenvalue weighted by molar-refractivity contribution is 5.30. The van der Waals surface area contributed by atoms with E-state index in [0.717, 1.165) is 11.1 Å². The number of benzene rings is 1. The predicted octanol–water partition coefficient (Wildman–Crippen LogP) is 2.05. The molecule has 2 rings (SSSR count). The quantitative estimate of drug-likeness (QED) is 0.761. The lowest BCUT2D eigenvalue weighted by atomic mass is 10.0. The van der Waals surface area contributed by atoms with E-state index < -0.39 is 5.79 Å². The second-order valence-electron chi connectivity index (χ2n) is 3.73. The fourth-order valence-corrected chi connectivity index (χ4v) is 1.91. The van der Waals surface area contributed by atoms with Crippen molar-refractivity contribution in [3.8, 4) is 0 Å². The SMILES string of the molecule is COCc1ccccc1C1(C)OCCO1. The molecule has 0 spiro atoms. The Balaban J connectivity index is 2.33. The molecular weight excluding hydrogens is 192 g/mol. The minimum absolute atomic E-state index is 0.582. The Labute approximate surface area is 90.0 Å². The van der Waals surface area contributed by atoms with Gasteiger partial charge >= 0.3 is 0 Å². The summed E-state index contributed by atoms with van der Waals surface area (Å²) in [4.78, 5) is 0. The monoisotopic (exact) mass is 208 g/mol. The maximum atomic E-state index is 5.64. The topological polar surface area (TPSA) is 27.7 Å². The molecule has 3 nitrogen and oxygen atoms in total. The molecular formula is C12H16O3. The molecule has 15 heavy (non-hydrogen) atoms. The minimum Gasteiger partial charge on any atom is -0.380 e. The van der Waals surface area contributed by atoms with Crippen LogP contribution in [0.4, 0.5) is 0 Å². The maximum absolute atomic E-state index is 5.64. The first-order chi connectivity index (χ1) is 7.26. The highest BCUT2D eigenvalue weighted by atomic mass is 16.7. The number of hydrogen-bond donors (Lipinski definition) is 0. The molecule has 0 aromatic heterocycles. The highest BCUT2D eigenvalue weighted by Gasteiger charge is 2.34. The Kier molecular flexibility index (Phi) is 3.05. The van der Waals surface area contributed by atoms with E-state index in [4.69, 9.17) is 14.2 Å². The van der Waals surface area contributed by atoms with Crippen molar-refractivity contribution in [1.29, 1.82) is 0 Å². The van der Waals surface area contributed by atoms with Crippen LogP contribution in [0.25, 0.3) is 0 Å². The van der Waals surface area contributed by atoms with Gasteiger partial charge in [0.05, 0.1) is 19.8 Å². The summed E-state index contributed by atoms with van der Waals surface area (Å²) in [7, 11) is 1.69. The Hall–Kier alpha value is -0.900. The first-order valence-corrected chi connectivity index (χ1v) is 5.11. The molecule has 1 heterocycles. The predicted molar refractivity (Wildman–Crippen MR) is 56.4 cm³/mol. The Bertz CT molecular complexity index is 329. The Morgan fingerprint density at radius 2 is 1.93 bits per heavy atom. The standard InChI is InChI=1S/C12H16O3/c1-12(14-7-8-15-12)11-6-4-3-5-10(11)9-13-2/h3-6H,7-9H2,1-2H3. The lowest BCUT2D eigenvalue weighted by molar-refractivity contribution is -0.150. The molecule has 1 aromatic rings. The van der Waals surface area contributed by atoms with Gasteiger partial charge in [0.2, 0.25) is 0 Å². The fraction of sp³-hybridized carbons (Fsp3) is 0.500. The molecule has 0 N–H and O–H groups in total. The summed E-state index contributed by atoms with van der Waals surface area (Å²) in [5, 5.41) is 0. The van der Waals surface area contributed by atoms with E-state index in [1.54, 1.807) is 7.11 Å². The van der Waals surface area contributed by atoms with Crippen molar-refractivity contribution in [1.82, 2.24) is 0 Å². The van der Waals surface area contributed by atoms with Crippen molar-refractivity contribution in [3.05, 3.63) is 35.4 Å². The molecule has 0 amide bonds. The summed E-state index contributed by atoms with van der Waals surface area (Å²) in [6.07, 6.45) is 0. The molecule has 0 bridgehead atoms. The largest absolute Gasteiger partial charge is 0.380 e. The maximum Gasteiger partial charge on any atom is 0.192 e. The molecule has 1 aliphatic rings. The van der Waals surface area contributed by atoms with Crippen molar-refractivity contribution in [3.63, 3.8) is 0 Å². The summed E-state index contributed by atoms with van der Waals surface area (Å²) < 4.78 is 16.4. The Morgan fingerprint density at radius 3 is 2.60 bits per heavy atom. The highest BCUT2D eigenvalue weighted by Crippen LogP contribution is 2.33. The van der Waals surface area contributed by atoms with Crippen LogP contribution in [0.1, 0.15) is 18.1 Å². The first kappa shape index (κ1) is 10.6. The van der Waals surface area contributed by atoms with Crippen LogP contribution in [0.3, 0.4) is 0 Å². The summed E-state index contributed by atoms with van der Waals surface area (Å²) >= 11 is 0. The molecule has 1 aliphatic heterocycles. The average Bonchev–Trinajstić information content (AvgIpc) is 2.68. The van der Waals surface area contributed by atoms with Crippen LogP contribution in [0.2, 0.25) is 0 Å². The zero-order valence-corrected chi connectivity index (χ0v) is 9.16. The van der Waals surface area contributed by atoms with E-state index in [2.05, 4.69) is 0 Å². The van der Waals surface area contributed by atoms with Crippen molar-refractivity contribution >= 4 is 0 Å². The van der Waals surface area contributed by atoms with Crippen LogP contribution >= 0.6 is 0 Å². The van der Waals surface area contributed by atoms with Gasteiger partial charge in [-0.25, -0.2) is 0 Å². The lowest BCUT2D eigenvalue weighted by Gasteiger charge is -2.25. The molecule has 0 saturated carbocycles. The van der Waals surface area contributed by atoms with Gasteiger partial charge in [-0.15, -0.1) is 0 Å². The van der Waals surface area contributed by atoms with Crippen LogP contribution in [0, 0.1) is 0 Å². The molecule has 1 aromatic carbocycles. The second kappa shape index (κ2) is 4.31. The van der Waals surface area contributed by atoms with E-state index in [1.807, 2.05) is 31.2 Å². The number of ether oxygens (including phenoxy) is 3. The van der Waals surface area contributed by atoms with Crippen molar-refractivity contribution in [2.24, 2.45) is 0 Å². The van der Waals surface area contributed by atoms with E-state index in [1.165, 1.54) is 0 Å². The number of hydrogen-bond acceptors (Lipinski definition) is 3. The van der Waals surface area contributed by atoms with Gasteiger partial charge in [-0.2, -0.15) is 0 Å². The molecule has 0 unspecified atom stereocenters. The van der Waals surface area contributed by atoms with Gasteiger partial charge in [-0.05, 0) is 12.5 Å². The third kappa shape index (κ3) is 2.04. The van der Waals surface area contributed by atoms with Gasteiger partial charge in [0.25, 0.3) is 0 Å². The molecule has 1 saturated heterocycles. The first-order valence-electron chi connectivity index (χ1n) is 5.11. The molecule has 82 valence electrons. The zero-order valence-electron chi connectivity index (χ0n) is 9.16. The van der Waals surface area contributed by atoms with Gasteiger partial charge in [0, 0.05) is 12.7 Å². The molecule has 3 heteroatoms.